The molecule has 4 nitrogen and oxygen atoms in total. The number of rotatable bonds is 4. The second-order valence-electron chi connectivity index (χ2n) is 6.36. The third-order valence-corrected chi connectivity index (χ3v) is 5.11. The summed E-state index contributed by atoms with van der Waals surface area (Å²) < 4.78 is 24.1. The molecule has 0 aromatic heterocycles. The van der Waals surface area contributed by atoms with Crippen molar-refractivity contribution >= 4 is 10.0 Å². The Morgan fingerprint density at radius 1 is 0.864 bits per heavy atom. The molecule has 0 bridgehead atoms. The van der Waals surface area contributed by atoms with E-state index in [1.165, 1.54) is 70.5 Å². The lowest BCUT2D eigenvalue weighted by molar-refractivity contribution is 0.357. The highest BCUT2D eigenvalue weighted by molar-refractivity contribution is 7.88. The van der Waals surface area contributed by atoms with Gasteiger partial charge in [0.05, 0.1) is 6.26 Å². The van der Waals surface area contributed by atoms with Crippen molar-refractivity contribution in [1.82, 2.24) is 4.72 Å². The summed E-state index contributed by atoms with van der Waals surface area (Å²) in [4.78, 5) is 0. The van der Waals surface area contributed by atoms with E-state index in [0.717, 1.165) is 12.5 Å². The van der Waals surface area contributed by atoms with E-state index in [4.69, 9.17) is 5.73 Å². The number of nitrogens with two attached hydrogens (primary N) is 1. The van der Waals surface area contributed by atoms with E-state index in [0.29, 0.717) is 12.5 Å². The lowest BCUT2D eigenvalue weighted by atomic mass is 9.90. The van der Waals surface area contributed by atoms with Crippen LogP contribution in [0.3, 0.4) is 0 Å². The monoisotopic (exact) mass is 336 g/mol. The Balaban J connectivity index is 0. The summed E-state index contributed by atoms with van der Waals surface area (Å²) in [7, 11) is -2.97. The third kappa shape index (κ3) is 12.4. The van der Waals surface area contributed by atoms with Gasteiger partial charge in [-0.2, -0.15) is 0 Å². The maximum absolute atomic E-state index is 10.8. The SMILES string of the molecule is C.C.CS(=O)(=O)NCC1CCCCC1.NCC1CCCCC1. The van der Waals surface area contributed by atoms with Gasteiger partial charge < -0.3 is 5.73 Å². The minimum Gasteiger partial charge on any atom is -0.330 e. The molecule has 3 N–H and O–H groups in total. The normalized spacial score (nSPS) is 20.1. The Morgan fingerprint density at radius 3 is 1.59 bits per heavy atom. The quantitative estimate of drug-likeness (QED) is 0.817. The van der Waals surface area contributed by atoms with E-state index in [2.05, 4.69) is 4.72 Å². The summed E-state index contributed by atoms with van der Waals surface area (Å²) in [5.74, 6) is 1.44. The minimum atomic E-state index is -2.97. The first kappa shape index (κ1) is 24.1. The van der Waals surface area contributed by atoms with Gasteiger partial charge in [0, 0.05) is 6.54 Å². The molecule has 0 unspecified atom stereocenters. The molecule has 2 saturated carbocycles. The molecule has 2 rings (SSSR count). The summed E-state index contributed by atoms with van der Waals surface area (Å²) in [5.41, 5.74) is 5.50. The Bertz CT molecular complexity index is 333. The first-order valence-electron chi connectivity index (χ1n) is 8.16. The van der Waals surface area contributed by atoms with Gasteiger partial charge in [0.15, 0.2) is 0 Å². The second kappa shape index (κ2) is 13.3. The minimum absolute atomic E-state index is 0. The lowest BCUT2D eigenvalue weighted by Gasteiger charge is -2.21. The zero-order chi connectivity index (χ0) is 14.8. The maximum Gasteiger partial charge on any atom is 0.208 e. The van der Waals surface area contributed by atoms with Crippen molar-refractivity contribution in [1.29, 1.82) is 0 Å². The van der Waals surface area contributed by atoms with Crippen molar-refractivity contribution in [3.8, 4) is 0 Å². The van der Waals surface area contributed by atoms with Gasteiger partial charge in [0.25, 0.3) is 0 Å². The van der Waals surface area contributed by atoms with Crippen LogP contribution in [0.4, 0.5) is 0 Å². The Kier molecular flexibility index (Phi) is 14.6. The fraction of sp³-hybridized carbons (Fsp3) is 1.00. The third-order valence-electron chi connectivity index (χ3n) is 4.42. The fourth-order valence-corrected chi connectivity index (χ4v) is 3.62. The van der Waals surface area contributed by atoms with Crippen molar-refractivity contribution in [2.24, 2.45) is 17.6 Å². The van der Waals surface area contributed by atoms with Crippen LogP contribution in [0, 0.1) is 11.8 Å². The van der Waals surface area contributed by atoms with Crippen LogP contribution in [0.5, 0.6) is 0 Å². The predicted molar refractivity (Wildman–Crippen MR) is 98.5 cm³/mol. The molecule has 0 atom stereocenters. The fourth-order valence-electron chi connectivity index (χ4n) is 3.08. The van der Waals surface area contributed by atoms with E-state index in [9.17, 15) is 8.42 Å². The molecule has 0 aromatic rings. The molecule has 2 fully saturated rings. The standard InChI is InChI=1S/C8H17NO2S.C7H15N.2CH4/c1-12(10,11)9-7-8-5-3-2-4-6-8;8-6-7-4-2-1-3-5-7;;/h8-9H,2-7H2,1H3;7H,1-6,8H2;2*1H4. The van der Waals surface area contributed by atoms with Crippen molar-refractivity contribution in [3.63, 3.8) is 0 Å². The average Bonchev–Trinajstić information content (AvgIpc) is 2.47. The molecule has 0 aromatic carbocycles. The molecule has 5 heteroatoms. The number of nitrogens with one attached hydrogen (secondary N) is 1. The highest BCUT2D eigenvalue weighted by Gasteiger charge is 2.14. The lowest BCUT2D eigenvalue weighted by Crippen LogP contribution is -2.29. The average molecular weight is 337 g/mol. The van der Waals surface area contributed by atoms with E-state index in [1.807, 2.05) is 0 Å². The van der Waals surface area contributed by atoms with Gasteiger partial charge in [-0.15, -0.1) is 0 Å². The van der Waals surface area contributed by atoms with Gasteiger partial charge in [-0.3, -0.25) is 0 Å². The van der Waals surface area contributed by atoms with E-state index in [-0.39, 0.29) is 14.9 Å². The van der Waals surface area contributed by atoms with Crippen molar-refractivity contribution < 1.29 is 8.42 Å². The maximum atomic E-state index is 10.8. The molecular weight excluding hydrogens is 296 g/mol. The Hall–Kier alpha value is -0.130. The topological polar surface area (TPSA) is 72.2 Å². The van der Waals surface area contributed by atoms with Gasteiger partial charge in [0.1, 0.15) is 0 Å². The van der Waals surface area contributed by atoms with Gasteiger partial charge in [-0.25, -0.2) is 13.1 Å². The first-order chi connectivity index (χ1) is 9.51. The molecular formula is C17H40N2O2S. The summed E-state index contributed by atoms with van der Waals surface area (Å²) in [6, 6.07) is 0. The number of sulfonamides is 1. The summed E-state index contributed by atoms with van der Waals surface area (Å²) >= 11 is 0. The Labute approximate surface area is 139 Å². The van der Waals surface area contributed by atoms with Crippen LogP contribution in [0.2, 0.25) is 0 Å². The van der Waals surface area contributed by atoms with Crippen molar-refractivity contribution in [3.05, 3.63) is 0 Å². The Morgan fingerprint density at radius 2 is 1.27 bits per heavy atom. The molecule has 2 aliphatic rings. The molecule has 0 radical (unpaired) electrons. The molecule has 0 amide bonds. The van der Waals surface area contributed by atoms with E-state index >= 15 is 0 Å². The molecule has 136 valence electrons. The van der Waals surface area contributed by atoms with Crippen molar-refractivity contribution in [2.45, 2.75) is 79.1 Å². The van der Waals surface area contributed by atoms with Crippen LogP contribution in [0.15, 0.2) is 0 Å². The second-order valence-corrected chi connectivity index (χ2v) is 8.20. The van der Waals surface area contributed by atoms with Gasteiger partial charge in [0.2, 0.25) is 10.0 Å². The molecule has 22 heavy (non-hydrogen) atoms. The van der Waals surface area contributed by atoms with E-state index in [1.54, 1.807) is 0 Å². The van der Waals surface area contributed by atoms with Crippen LogP contribution < -0.4 is 10.5 Å². The molecule has 0 spiro atoms. The first-order valence-corrected chi connectivity index (χ1v) is 10.0. The van der Waals surface area contributed by atoms with Crippen LogP contribution in [-0.4, -0.2) is 27.8 Å². The zero-order valence-corrected chi connectivity index (χ0v) is 13.8. The summed E-state index contributed by atoms with van der Waals surface area (Å²) in [6.07, 6.45) is 14.5. The van der Waals surface area contributed by atoms with Gasteiger partial charge in [-0.05, 0) is 44.1 Å². The highest BCUT2D eigenvalue weighted by Crippen LogP contribution is 2.23. The number of hydrogen-bond donors (Lipinski definition) is 2. The smallest absolute Gasteiger partial charge is 0.208 e. The molecule has 0 aliphatic heterocycles. The predicted octanol–water partition coefficient (Wildman–Crippen LogP) is 3.91. The highest BCUT2D eigenvalue weighted by atomic mass is 32.2. The summed E-state index contributed by atoms with van der Waals surface area (Å²) in [5, 5.41) is 0. The molecule has 0 heterocycles. The van der Waals surface area contributed by atoms with Gasteiger partial charge in [-0.1, -0.05) is 53.4 Å². The van der Waals surface area contributed by atoms with Crippen LogP contribution in [-0.2, 0) is 10.0 Å². The van der Waals surface area contributed by atoms with Crippen LogP contribution in [0.25, 0.3) is 0 Å². The van der Waals surface area contributed by atoms with Gasteiger partial charge >= 0.3 is 0 Å². The van der Waals surface area contributed by atoms with Crippen LogP contribution in [0.1, 0.15) is 79.1 Å². The van der Waals surface area contributed by atoms with Crippen molar-refractivity contribution in [2.75, 3.05) is 19.3 Å². The molecule has 2 aliphatic carbocycles. The number of hydrogen-bond acceptors (Lipinski definition) is 3. The van der Waals surface area contributed by atoms with E-state index < -0.39 is 10.0 Å². The molecule has 0 saturated heterocycles. The summed E-state index contributed by atoms with van der Waals surface area (Å²) in [6.45, 7) is 1.55. The van der Waals surface area contributed by atoms with Crippen LogP contribution >= 0.6 is 0 Å². The largest absolute Gasteiger partial charge is 0.330 e. The zero-order valence-electron chi connectivity index (χ0n) is 12.9.